The molecule has 0 rings (SSSR count). The molecule has 0 radical (unpaired) electrons. The first-order valence-corrected chi connectivity index (χ1v) is 8.64. The highest BCUT2D eigenvalue weighted by atomic mass is 14.0. The first-order valence-electron chi connectivity index (χ1n) is 8.64. The molecule has 0 aromatic carbocycles. The first kappa shape index (κ1) is 20.7. The highest BCUT2D eigenvalue weighted by Gasteiger charge is 1.89. The highest BCUT2D eigenvalue weighted by Crippen LogP contribution is 2.09. The lowest BCUT2D eigenvalue weighted by atomic mass is 10.1. The van der Waals surface area contributed by atoms with E-state index >= 15 is 0 Å². The number of rotatable bonds is 10. The molecule has 0 atom stereocenters. The molecule has 0 bridgehead atoms. The van der Waals surface area contributed by atoms with E-state index in [0.29, 0.717) is 0 Å². The van der Waals surface area contributed by atoms with E-state index in [-0.39, 0.29) is 0 Å². The summed E-state index contributed by atoms with van der Waals surface area (Å²) in [4.78, 5) is 0. The Morgan fingerprint density at radius 2 is 0.909 bits per heavy atom. The lowest BCUT2D eigenvalue weighted by Gasteiger charge is -1.98. The molecule has 0 saturated carbocycles. The third kappa shape index (κ3) is 15.1. The zero-order chi connectivity index (χ0) is 16.8. The van der Waals surface area contributed by atoms with Gasteiger partial charge in [-0.3, -0.25) is 0 Å². The van der Waals surface area contributed by atoms with Gasteiger partial charge in [-0.25, -0.2) is 0 Å². The van der Waals surface area contributed by atoms with Gasteiger partial charge >= 0.3 is 0 Å². The second-order valence-corrected chi connectivity index (χ2v) is 6.68. The van der Waals surface area contributed by atoms with Crippen LogP contribution in [0.1, 0.15) is 80.1 Å². The van der Waals surface area contributed by atoms with Crippen LogP contribution in [0, 0.1) is 0 Å². The van der Waals surface area contributed by atoms with Gasteiger partial charge in [0.1, 0.15) is 0 Å². The van der Waals surface area contributed by atoms with Gasteiger partial charge in [0, 0.05) is 0 Å². The number of allylic oxidation sites excluding steroid dienone is 10. The van der Waals surface area contributed by atoms with Crippen molar-refractivity contribution in [1.29, 1.82) is 0 Å². The Morgan fingerprint density at radius 3 is 1.23 bits per heavy atom. The largest absolute Gasteiger partial charge is 0.0856 e. The fourth-order valence-corrected chi connectivity index (χ4v) is 2.11. The van der Waals surface area contributed by atoms with Gasteiger partial charge in [0.15, 0.2) is 0 Å². The van der Waals surface area contributed by atoms with Gasteiger partial charge < -0.3 is 0 Å². The van der Waals surface area contributed by atoms with Gasteiger partial charge in [0.25, 0.3) is 0 Å². The number of hydrogen-bond acceptors (Lipinski definition) is 0. The highest BCUT2D eigenvalue weighted by molar-refractivity contribution is 5.07. The van der Waals surface area contributed by atoms with Gasteiger partial charge in [-0.2, -0.15) is 0 Å². The molecule has 0 spiro atoms. The maximum absolute atomic E-state index is 2.35. The summed E-state index contributed by atoms with van der Waals surface area (Å²) in [5, 5.41) is 0. The average Bonchev–Trinajstić information content (AvgIpc) is 2.41. The van der Waals surface area contributed by atoms with E-state index < -0.39 is 0 Å². The van der Waals surface area contributed by atoms with Crippen molar-refractivity contribution in [3.8, 4) is 0 Å². The summed E-state index contributed by atoms with van der Waals surface area (Å²) in [6, 6.07) is 0. The second kappa shape index (κ2) is 13.4. The molecular formula is C22H36. The second-order valence-electron chi connectivity index (χ2n) is 6.68. The Morgan fingerprint density at radius 1 is 0.545 bits per heavy atom. The topological polar surface area (TPSA) is 0 Å². The minimum atomic E-state index is 1.06. The summed E-state index contributed by atoms with van der Waals surface area (Å²) in [6.45, 7) is 13.1. The molecule has 124 valence electrons. The monoisotopic (exact) mass is 300 g/mol. The third-order valence-corrected chi connectivity index (χ3v) is 3.55. The van der Waals surface area contributed by atoms with Crippen LogP contribution in [0.15, 0.2) is 58.7 Å². The molecule has 0 fully saturated rings. The normalized spacial score (nSPS) is 12.6. The van der Waals surface area contributed by atoms with Crippen LogP contribution in [0.4, 0.5) is 0 Å². The third-order valence-electron chi connectivity index (χ3n) is 3.55. The van der Waals surface area contributed by atoms with Gasteiger partial charge in [0.05, 0.1) is 0 Å². The van der Waals surface area contributed by atoms with E-state index in [1.807, 2.05) is 0 Å². The summed E-state index contributed by atoms with van der Waals surface area (Å²) in [6.07, 6.45) is 20.7. The van der Waals surface area contributed by atoms with Crippen LogP contribution in [0.5, 0.6) is 0 Å². The quantitative estimate of drug-likeness (QED) is 0.362. The van der Waals surface area contributed by atoms with E-state index in [1.54, 1.807) is 0 Å². The van der Waals surface area contributed by atoms with Crippen LogP contribution in [-0.4, -0.2) is 0 Å². The van der Waals surface area contributed by atoms with Crippen LogP contribution >= 0.6 is 0 Å². The van der Waals surface area contributed by atoms with Crippen molar-refractivity contribution in [2.24, 2.45) is 0 Å². The van der Waals surface area contributed by atoms with Crippen molar-refractivity contribution >= 4 is 0 Å². The van der Waals surface area contributed by atoms with E-state index in [9.17, 15) is 0 Å². The Labute approximate surface area is 139 Å². The average molecular weight is 301 g/mol. The minimum Gasteiger partial charge on any atom is -0.0856 e. The van der Waals surface area contributed by atoms with E-state index in [2.05, 4.69) is 78.0 Å². The van der Waals surface area contributed by atoms with Gasteiger partial charge in [-0.1, -0.05) is 58.7 Å². The molecule has 0 N–H and O–H groups in total. The first-order chi connectivity index (χ1) is 10.4. The lowest BCUT2D eigenvalue weighted by Crippen LogP contribution is -1.78. The smallest absolute Gasteiger partial charge is 0.0166 e. The minimum absolute atomic E-state index is 1.06. The van der Waals surface area contributed by atoms with E-state index in [4.69, 9.17) is 0 Å². The molecule has 0 heteroatoms. The van der Waals surface area contributed by atoms with E-state index in [1.165, 1.54) is 48.0 Å². The number of hydrogen-bond donors (Lipinski definition) is 0. The molecule has 0 aliphatic carbocycles. The van der Waals surface area contributed by atoms with Crippen molar-refractivity contribution in [1.82, 2.24) is 0 Å². The van der Waals surface area contributed by atoms with Crippen LogP contribution in [-0.2, 0) is 0 Å². The van der Waals surface area contributed by atoms with Crippen molar-refractivity contribution in [2.45, 2.75) is 80.1 Å². The predicted octanol–water partition coefficient (Wildman–Crippen LogP) is 7.71. The Bertz CT molecular complexity index is 389. The molecule has 0 saturated heterocycles. The van der Waals surface area contributed by atoms with Crippen LogP contribution < -0.4 is 0 Å². The molecule has 0 aromatic rings. The van der Waals surface area contributed by atoms with Gasteiger partial charge in [0.2, 0.25) is 0 Å². The summed E-state index contributed by atoms with van der Waals surface area (Å²) in [5.41, 5.74) is 5.82. The van der Waals surface area contributed by atoms with E-state index in [0.717, 1.165) is 12.8 Å². The molecule has 0 unspecified atom stereocenters. The Hall–Kier alpha value is -1.30. The predicted molar refractivity (Wildman–Crippen MR) is 103 cm³/mol. The van der Waals surface area contributed by atoms with Crippen molar-refractivity contribution < 1.29 is 0 Å². The maximum atomic E-state index is 2.35. The standard InChI is InChI=1S/C22H36/c1-19(2)13-11-17-21(5)15-9-7-8-10-16-22(6)18-12-14-20(3)4/h7-8,13-16H,9-12,17-18H2,1-6H3/b8-7?,21-15+,22-16+. The lowest BCUT2D eigenvalue weighted by molar-refractivity contribution is 0.956. The fourth-order valence-electron chi connectivity index (χ4n) is 2.11. The molecule has 0 amide bonds. The summed E-state index contributed by atoms with van der Waals surface area (Å²) in [5.74, 6) is 0. The van der Waals surface area contributed by atoms with Crippen LogP contribution in [0.3, 0.4) is 0 Å². The van der Waals surface area contributed by atoms with Crippen LogP contribution in [0.2, 0.25) is 0 Å². The molecule has 0 aliphatic heterocycles. The molecule has 0 aromatic heterocycles. The molecule has 22 heavy (non-hydrogen) atoms. The Balaban J connectivity index is 3.89. The summed E-state index contributed by atoms with van der Waals surface area (Å²) in [7, 11) is 0. The summed E-state index contributed by atoms with van der Waals surface area (Å²) < 4.78 is 0. The van der Waals surface area contributed by atoms with Crippen molar-refractivity contribution in [3.05, 3.63) is 58.7 Å². The SMILES string of the molecule is CC(C)=CCC/C(C)=C/CC=CC/C=C(\C)CCC=C(C)C. The molecule has 0 aliphatic rings. The van der Waals surface area contributed by atoms with Crippen molar-refractivity contribution in [3.63, 3.8) is 0 Å². The zero-order valence-corrected chi connectivity index (χ0v) is 15.7. The van der Waals surface area contributed by atoms with Crippen LogP contribution in [0.25, 0.3) is 0 Å². The van der Waals surface area contributed by atoms with Crippen molar-refractivity contribution in [2.75, 3.05) is 0 Å². The molecular weight excluding hydrogens is 264 g/mol. The molecule has 0 heterocycles. The molecule has 0 nitrogen and oxygen atoms in total. The maximum Gasteiger partial charge on any atom is -0.0166 e. The van der Waals surface area contributed by atoms with Gasteiger partial charge in [-0.15, -0.1) is 0 Å². The zero-order valence-electron chi connectivity index (χ0n) is 15.7. The van der Waals surface area contributed by atoms with Gasteiger partial charge in [-0.05, 0) is 80.1 Å². The summed E-state index contributed by atoms with van der Waals surface area (Å²) >= 11 is 0. The fraction of sp³-hybridized carbons (Fsp3) is 0.545. The Kier molecular flexibility index (Phi) is 12.6.